The molecule has 142 valence electrons. The van der Waals surface area contributed by atoms with Crippen LogP contribution in [-0.2, 0) is 14.8 Å². The summed E-state index contributed by atoms with van der Waals surface area (Å²) >= 11 is 0. The summed E-state index contributed by atoms with van der Waals surface area (Å²) in [4.78, 5) is 24.6. The average molecular weight is 389 g/mol. The number of nitrogens with zero attached hydrogens (tertiary/aromatic N) is 1. The molecule has 27 heavy (non-hydrogen) atoms. The summed E-state index contributed by atoms with van der Waals surface area (Å²) in [5.74, 6) is -0.871. The van der Waals surface area contributed by atoms with E-state index in [2.05, 4.69) is 10.6 Å². The first-order valence-electron chi connectivity index (χ1n) is 8.75. The fourth-order valence-electron chi connectivity index (χ4n) is 3.36. The van der Waals surface area contributed by atoms with Crippen LogP contribution in [0.2, 0.25) is 0 Å². The number of aromatic nitrogens is 1. The number of anilines is 1. The van der Waals surface area contributed by atoms with Gasteiger partial charge in [-0.3, -0.25) is 9.59 Å². The Bertz CT molecular complexity index is 1010. The van der Waals surface area contributed by atoms with Gasteiger partial charge in [0.2, 0.25) is 0 Å². The minimum atomic E-state index is -3.91. The van der Waals surface area contributed by atoms with Crippen LogP contribution in [0.3, 0.4) is 0 Å². The number of amides is 2. The van der Waals surface area contributed by atoms with Gasteiger partial charge in [-0.05, 0) is 49.6 Å². The van der Waals surface area contributed by atoms with Gasteiger partial charge >= 0.3 is 0 Å². The van der Waals surface area contributed by atoms with E-state index in [4.69, 9.17) is 4.74 Å². The minimum Gasteiger partial charge on any atom is -0.378 e. The summed E-state index contributed by atoms with van der Waals surface area (Å²) in [7, 11) is -3.91. The number of benzene rings is 1. The Morgan fingerprint density at radius 1 is 1.33 bits per heavy atom. The van der Waals surface area contributed by atoms with E-state index in [0.717, 1.165) is 29.8 Å². The molecule has 2 amide bonds. The fourth-order valence-corrected chi connectivity index (χ4v) is 4.83. The second kappa shape index (κ2) is 6.82. The first-order valence-corrected chi connectivity index (χ1v) is 10.2. The normalized spacial score (nSPS) is 20.3. The zero-order valence-electron chi connectivity index (χ0n) is 14.5. The van der Waals surface area contributed by atoms with Crippen molar-refractivity contribution in [1.82, 2.24) is 9.29 Å². The van der Waals surface area contributed by atoms with Crippen molar-refractivity contribution in [2.45, 2.75) is 30.3 Å². The molecular weight excluding hydrogens is 370 g/mol. The molecule has 1 saturated heterocycles. The van der Waals surface area contributed by atoms with Gasteiger partial charge in [0.05, 0.1) is 11.8 Å². The summed E-state index contributed by atoms with van der Waals surface area (Å²) in [6, 6.07) is 7.09. The van der Waals surface area contributed by atoms with Crippen molar-refractivity contribution < 1.29 is 22.7 Å². The molecular formula is C18H19N3O5S. The summed E-state index contributed by atoms with van der Waals surface area (Å²) in [5.41, 5.74) is 0.396. The van der Waals surface area contributed by atoms with Gasteiger partial charge < -0.3 is 15.4 Å². The third-order valence-corrected chi connectivity index (χ3v) is 6.50. The van der Waals surface area contributed by atoms with Crippen LogP contribution in [0.4, 0.5) is 5.69 Å². The van der Waals surface area contributed by atoms with E-state index in [1.165, 1.54) is 36.5 Å². The second-order valence-electron chi connectivity index (χ2n) is 6.54. The lowest BCUT2D eigenvalue weighted by atomic mass is 10.1. The summed E-state index contributed by atoms with van der Waals surface area (Å²) in [5, 5.41) is 5.38. The summed E-state index contributed by atoms with van der Waals surface area (Å²) in [6.45, 7) is 1.23. The minimum absolute atomic E-state index is 0.0220. The first kappa shape index (κ1) is 17.7. The van der Waals surface area contributed by atoms with Crippen molar-refractivity contribution in [3.63, 3.8) is 0 Å². The highest BCUT2D eigenvalue weighted by Gasteiger charge is 2.30. The van der Waals surface area contributed by atoms with Crippen molar-refractivity contribution >= 4 is 27.5 Å². The van der Waals surface area contributed by atoms with E-state index in [1.54, 1.807) is 0 Å². The Hall–Kier alpha value is -2.65. The van der Waals surface area contributed by atoms with Gasteiger partial charge in [-0.15, -0.1) is 0 Å². The van der Waals surface area contributed by atoms with Crippen LogP contribution in [0.15, 0.2) is 41.4 Å². The molecule has 1 fully saturated rings. The lowest BCUT2D eigenvalue weighted by Gasteiger charge is -2.12. The van der Waals surface area contributed by atoms with Crippen molar-refractivity contribution in [3.8, 4) is 0 Å². The van der Waals surface area contributed by atoms with E-state index in [1.807, 2.05) is 0 Å². The monoisotopic (exact) mass is 389 g/mol. The Labute approximate surface area is 156 Å². The third kappa shape index (κ3) is 3.24. The molecule has 0 aliphatic carbocycles. The molecule has 4 rings (SSSR count). The zero-order chi connectivity index (χ0) is 19.0. The second-order valence-corrected chi connectivity index (χ2v) is 8.32. The molecule has 0 bridgehead atoms. The Balaban J connectivity index is 1.55. The van der Waals surface area contributed by atoms with E-state index in [0.29, 0.717) is 6.54 Å². The van der Waals surface area contributed by atoms with Gasteiger partial charge in [0.1, 0.15) is 10.6 Å². The van der Waals surface area contributed by atoms with Crippen molar-refractivity contribution in [1.29, 1.82) is 0 Å². The molecule has 1 aromatic carbocycles. The number of hydrogen-bond acceptors (Lipinski definition) is 5. The summed E-state index contributed by atoms with van der Waals surface area (Å²) < 4.78 is 32.0. The smallest absolute Gasteiger partial charge is 0.273 e. The highest BCUT2D eigenvalue weighted by molar-refractivity contribution is 7.90. The SMILES string of the molecule is O=C(NCC[C@@H]1CCCO1)c1ccc2c(c1)NC(=O)c1cccn1S2(=O)=O. The quantitative estimate of drug-likeness (QED) is 0.826. The molecule has 1 aromatic heterocycles. The third-order valence-electron chi connectivity index (χ3n) is 4.75. The zero-order valence-corrected chi connectivity index (χ0v) is 15.3. The van der Waals surface area contributed by atoms with Gasteiger partial charge in [-0.2, -0.15) is 0 Å². The number of rotatable bonds is 4. The molecule has 2 aromatic rings. The first-order chi connectivity index (χ1) is 13.0. The molecule has 0 unspecified atom stereocenters. The van der Waals surface area contributed by atoms with Crippen LogP contribution in [-0.4, -0.2) is 43.5 Å². The Kier molecular flexibility index (Phi) is 4.48. The number of fused-ring (bicyclic) bond motifs is 2. The van der Waals surface area contributed by atoms with E-state index in [-0.39, 0.29) is 33.9 Å². The van der Waals surface area contributed by atoms with Crippen LogP contribution in [0, 0.1) is 0 Å². The highest BCUT2D eigenvalue weighted by Crippen LogP contribution is 2.29. The molecule has 1 atom stereocenters. The highest BCUT2D eigenvalue weighted by atomic mass is 32.2. The molecule has 0 saturated carbocycles. The van der Waals surface area contributed by atoms with E-state index < -0.39 is 15.9 Å². The van der Waals surface area contributed by atoms with Crippen LogP contribution >= 0.6 is 0 Å². The van der Waals surface area contributed by atoms with Gasteiger partial charge in [-0.1, -0.05) is 0 Å². The average Bonchev–Trinajstić information content (AvgIpc) is 3.32. The maximum atomic E-state index is 12.8. The number of ether oxygens (including phenoxy) is 1. The van der Waals surface area contributed by atoms with Crippen LogP contribution in [0.25, 0.3) is 0 Å². The van der Waals surface area contributed by atoms with Gasteiger partial charge in [0.15, 0.2) is 0 Å². The molecule has 2 aliphatic rings. The molecule has 2 N–H and O–H groups in total. The van der Waals surface area contributed by atoms with Crippen LogP contribution < -0.4 is 10.6 Å². The van der Waals surface area contributed by atoms with Crippen molar-refractivity contribution in [3.05, 3.63) is 47.8 Å². The van der Waals surface area contributed by atoms with E-state index in [9.17, 15) is 18.0 Å². The fraction of sp³-hybridized carbons (Fsp3) is 0.333. The molecule has 9 heteroatoms. The molecule has 2 aliphatic heterocycles. The van der Waals surface area contributed by atoms with Crippen molar-refractivity contribution in [2.75, 3.05) is 18.5 Å². The van der Waals surface area contributed by atoms with E-state index >= 15 is 0 Å². The van der Waals surface area contributed by atoms with Crippen LogP contribution in [0.1, 0.15) is 40.1 Å². The van der Waals surface area contributed by atoms with Gasteiger partial charge in [0.25, 0.3) is 21.8 Å². The number of carbonyl (C=O) groups excluding carboxylic acids is 2. The molecule has 0 radical (unpaired) electrons. The Morgan fingerprint density at radius 3 is 2.96 bits per heavy atom. The predicted octanol–water partition coefficient (Wildman–Crippen LogP) is 1.59. The van der Waals surface area contributed by atoms with Crippen LogP contribution in [0.5, 0.6) is 0 Å². The maximum Gasteiger partial charge on any atom is 0.273 e. The number of hydrogen-bond donors (Lipinski definition) is 2. The lowest BCUT2D eigenvalue weighted by Crippen LogP contribution is -2.27. The van der Waals surface area contributed by atoms with Gasteiger partial charge in [0, 0.05) is 24.9 Å². The molecule has 3 heterocycles. The number of carbonyl (C=O) groups is 2. The molecule has 0 spiro atoms. The summed E-state index contributed by atoms with van der Waals surface area (Å²) in [6.07, 6.45) is 4.28. The maximum absolute atomic E-state index is 12.8. The lowest BCUT2D eigenvalue weighted by molar-refractivity contribution is 0.0906. The topological polar surface area (TPSA) is 106 Å². The largest absolute Gasteiger partial charge is 0.378 e. The number of nitrogens with one attached hydrogen (secondary N) is 2. The molecule has 8 nitrogen and oxygen atoms in total. The van der Waals surface area contributed by atoms with Gasteiger partial charge in [-0.25, -0.2) is 12.4 Å². The van der Waals surface area contributed by atoms with Crippen molar-refractivity contribution in [2.24, 2.45) is 0 Å². The Morgan fingerprint density at radius 2 is 2.19 bits per heavy atom. The standard InChI is InChI=1S/C18H19N3O5S/c22-17(19-8-7-13-3-2-10-26-13)12-5-6-16-14(11-12)20-18(23)15-4-1-9-21(15)27(16,24)25/h1,4-6,9,11,13H,2-3,7-8,10H2,(H,19,22)(H,20,23)/t13-/m0/s1. The predicted molar refractivity (Wildman–Crippen MR) is 97.3 cm³/mol.